The molecule has 10 nitrogen and oxygen atoms in total. The van der Waals surface area contributed by atoms with E-state index in [0.717, 1.165) is 26.6 Å². The van der Waals surface area contributed by atoms with Crippen LogP contribution >= 0.6 is 22.7 Å². The first kappa shape index (κ1) is 29.6. The molecule has 0 saturated carbocycles. The van der Waals surface area contributed by atoms with Gasteiger partial charge in [-0.2, -0.15) is 12.7 Å². The summed E-state index contributed by atoms with van der Waals surface area (Å²) >= 11 is 2.71. The average Bonchev–Trinajstić information content (AvgIpc) is 3.51. The summed E-state index contributed by atoms with van der Waals surface area (Å²) < 4.78 is 46.5. The van der Waals surface area contributed by atoms with Crippen molar-refractivity contribution in [1.82, 2.24) is 18.9 Å². The van der Waals surface area contributed by atoms with E-state index < -0.39 is 33.9 Å². The van der Waals surface area contributed by atoms with Crippen molar-refractivity contribution in [2.24, 2.45) is 0 Å². The number of nitrogens with one attached hydrogen (secondary N) is 1. The van der Waals surface area contributed by atoms with E-state index in [2.05, 4.69) is 4.98 Å². The molecule has 0 bridgehead atoms. The average molecular weight is 585 g/mol. The molecular weight excluding hydrogens is 555 g/mol. The Kier molecular flexibility index (Phi) is 9.95. The third-order valence-corrected chi connectivity index (χ3v) is 8.86. The predicted molar refractivity (Wildman–Crippen MR) is 143 cm³/mol. The van der Waals surface area contributed by atoms with E-state index in [0.29, 0.717) is 22.7 Å². The number of hydrogen-bond acceptors (Lipinski definition) is 9. The lowest BCUT2D eigenvalue weighted by atomic mass is 10.1. The number of thiazole rings is 1. The third-order valence-electron chi connectivity index (χ3n) is 5.56. The first-order valence-corrected chi connectivity index (χ1v) is 14.6. The highest BCUT2D eigenvalue weighted by atomic mass is 32.2. The molecule has 3 rings (SSSR count). The molecule has 1 aromatic carbocycles. The lowest BCUT2D eigenvalue weighted by Crippen LogP contribution is -2.39. The summed E-state index contributed by atoms with van der Waals surface area (Å²) in [5.41, 5.74) is -0.272. The number of carbonyl (C=O) groups is 2. The minimum Gasteiger partial charge on any atom is -0.497 e. The van der Waals surface area contributed by atoms with E-state index in [-0.39, 0.29) is 30.1 Å². The second-order valence-corrected chi connectivity index (χ2v) is 12.7. The summed E-state index contributed by atoms with van der Waals surface area (Å²) in [5.74, 6) is -2.15. The molecule has 1 atom stereocenters. The highest BCUT2D eigenvalue weighted by Gasteiger charge is 2.28. The van der Waals surface area contributed by atoms with Gasteiger partial charge in [-0.25, -0.2) is 14.1 Å². The van der Waals surface area contributed by atoms with Gasteiger partial charge in [-0.05, 0) is 43.3 Å². The monoisotopic (exact) mass is 584 g/mol. The van der Waals surface area contributed by atoms with Crippen molar-refractivity contribution < 1.29 is 32.2 Å². The van der Waals surface area contributed by atoms with Crippen LogP contribution in [0.4, 0.5) is 4.39 Å². The Bertz CT molecular complexity index is 1380. The molecule has 14 heteroatoms. The van der Waals surface area contributed by atoms with Gasteiger partial charge in [0.1, 0.15) is 22.3 Å². The molecule has 2 amide bonds. The highest BCUT2D eigenvalue weighted by molar-refractivity contribution is 7.87. The molecule has 206 valence electrons. The van der Waals surface area contributed by atoms with Gasteiger partial charge < -0.3 is 14.7 Å². The molecular formula is C24H29FN4O6S3. The van der Waals surface area contributed by atoms with Crippen molar-refractivity contribution in [3.8, 4) is 5.75 Å². The lowest BCUT2D eigenvalue weighted by Gasteiger charge is -2.25. The third kappa shape index (κ3) is 7.35. The molecule has 0 fully saturated rings. The number of thiophene rings is 1. The SMILES string of the molecule is COc1ccc([C@@H](O)C(=O)N(CCCc2cccs2)Cc2nc(C(=O)NS(=O)(=O)N(C)C)c(C)s2)c(F)c1. The van der Waals surface area contributed by atoms with Crippen LogP contribution in [-0.4, -0.2) is 67.3 Å². The number of halogens is 1. The van der Waals surface area contributed by atoms with Crippen LogP contribution in [0.1, 0.15) is 43.3 Å². The van der Waals surface area contributed by atoms with E-state index in [9.17, 15) is 27.5 Å². The van der Waals surface area contributed by atoms with Crippen LogP contribution in [0, 0.1) is 12.7 Å². The number of amides is 2. The molecule has 2 N–H and O–H groups in total. The Morgan fingerprint density at radius 1 is 1.26 bits per heavy atom. The highest BCUT2D eigenvalue weighted by Crippen LogP contribution is 2.26. The Morgan fingerprint density at radius 3 is 2.61 bits per heavy atom. The molecule has 0 saturated heterocycles. The van der Waals surface area contributed by atoms with Crippen LogP contribution in [-0.2, 0) is 28.0 Å². The summed E-state index contributed by atoms with van der Waals surface area (Å²) in [6.45, 7) is 1.79. The number of aliphatic hydroxyl groups is 1. The maximum atomic E-state index is 14.6. The lowest BCUT2D eigenvalue weighted by molar-refractivity contribution is -0.141. The fourth-order valence-corrected chi connectivity index (χ4v) is 5.69. The Balaban J connectivity index is 1.82. The number of aromatic nitrogens is 1. The Labute approximate surface area is 228 Å². The van der Waals surface area contributed by atoms with Gasteiger partial charge in [0.2, 0.25) is 0 Å². The largest absolute Gasteiger partial charge is 0.497 e. The number of nitrogens with zero attached hydrogens (tertiary/aromatic N) is 3. The summed E-state index contributed by atoms with van der Waals surface area (Å²) in [6, 6.07) is 7.74. The van der Waals surface area contributed by atoms with Crippen molar-refractivity contribution in [1.29, 1.82) is 0 Å². The van der Waals surface area contributed by atoms with Crippen LogP contribution in [0.5, 0.6) is 5.75 Å². The first-order chi connectivity index (χ1) is 17.9. The van der Waals surface area contributed by atoms with E-state index in [4.69, 9.17) is 4.74 Å². The van der Waals surface area contributed by atoms with Gasteiger partial charge in [0.25, 0.3) is 11.8 Å². The molecule has 0 unspecified atom stereocenters. The molecule has 0 aliphatic heterocycles. The fourth-order valence-electron chi connectivity index (χ4n) is 3.48. The molecule has 0 aliphatic carbocycles. The van der Waals surface area contributed by atoms with Crippen molar-refractivity contribution in [3.63, 3.8) is 0 Å². The molecule has 38 heavy (non-hydrogen) atoms. The molecule has 2 aromatic heterocycles. The van der Waals surface area contributed by atoms with Gasteiger partial charge in [0.05, 0.1) is 13.7 Å². The number of rotatable bonds is 12. The zero-order chi connectivity index (χ0) is 28.0. The zero-order valence-corrected chi connectivity index (χ0v) is 23.8. The van der Waals surface area contributed by atoms with Gasteiger partial charge >= 0.3 is 10.2 Å². The number of aryl methyl sites for hydroxylation is 2. The minimum atomic E-state index is -4.02. The van der Waals surface area contributed by atoms with Gasteiger partial charge in [0, 0.05) is 42.0 Å². The fraction of sp³-hybridized carbons (Fsp3) is 0.375. The van der Waals surface area contributed by atoms with Gasteiger partial charge in [-0.3, -0.25) is 9.59 Å². The number of carbonyl (C=O) groups excluding carboxylic acids is 2. The normalized spacial score (nSPS) is 12.4. The molecule has 2 heterocycles. The first-order valence-electron chi connectivity index (χ1n) is 11.5. The Hall–Kier alpha value is -2.91. The number of methoxy groups -OCH3 is 1. The summed E-state index contributed by atoms with van der Waals surface area (Å²) in [7, 11) is -0.0694. The minimum absolute atomic E-state index is 0.0582. The van der Waals surface area contributed by atoms with E-state index in [1.165, 1.54) is 38.2 Å². The zero-order valence-electron chi connectivity index (χ0n) is 21.3. The van der Waals surface area contributed by atoms with Crippen molar-refractivity contribution in [2.45, 2.75) is 32.4 Å². The molecule has 0 radical (unpaired) electrons. The number of benzene rings is 1. The van der Waals surface area contributed by atoms with Crippen LogP contribution < -0.4 is 9.46 Å². The van der Waals surface area contributed by atoms with E-state index in [1.807, 2.05) is 22.2 Å². The number of ether oxygens (including phenoxy) is 1. The second kappa shape index (κ2) is 12.8. The molecule has 0 aliphatic rings. The smallest absolute Gasteiger partial charge is 0.303 e. The molecule has 3 aromatic rings. The van der Waals surface area contributed by atoms with Crippen LogP contribution in [0.15, 0.2) is 35.7 Å². The summed E-state index contributed by atoms with van der Waals surface area (Å²) in [6.07, 6.45) is -0.499. The molecule has 0 spiro atoms. The van der Waals surface area contributed by atoms with Gasteiger partial charge in [-0.1, -0.05) is 6.07 Å². The summed E-state index contributed by atoms with van der Waals surface area (Å²) in [4.78, 5) is 33.1. The second-order valence-electron chi connectivity index (χ2n) is 8.46. The van der Waals surface area contributed by atoms with Crippen molar-refractivity contribution in [2.75, 3.05) is 27.7 Å². The van der Waals surface area contributed by atoms with Gasteiger partial charge in [0.15, 0.2) is 6.10 Å². The Morgan fingerprint density at radius 2 is 2.00 bits per heavy atom. The van der Waals surface area contributed by atoms with E-state index >= 15 is 0 Å². The van der Waals surface area contributed by atoms with Crippen molar-refractivity contribution >= 4 is 44.7 Å². The topological polar surface area (TPSA) is 129 Å². The number of aliphatic hydroxyl groups excluding tert-OH is 1. The maximum absolute atomic E-state index is 14.6. The standard InChI is InChI=1S/C24H29FN4O6S3/c1-15-21(23(31)27-38(33,34)28(2)3)26-20(37-15)14-29(11-5-7-17-8-6-12-36-17)24(32)22(30)18-10-9-16(35-4)13-19(18)25/h6,8-10,12-13,22,30H,5,7,11,14H2,1-4H3,(H,27,31)/t22-/m1/s1. The quantitative estimate of drug-likeness (QED) is 0.335. The predicted octanol–water partition coefficient (Wildman–Crippen LogP) is 2.89. The van der Waals surface area contributed by atoms with Crippen LogP contribution in [0.2, 0.25) is 0 Å². The van der Waals surface area contributed by atoms with Crippen molar-refractivity contribution in [3.05, 3.63) is 67.5 Å². The van der Waals surface area contributed by atoms with Gasteiger partial charge in [-0.15, -0.1) is 22.7 Å². The van der Waals surface area contributed by atoms with Crippen LogP contribution in [0.25, 0.3) is 0 Å². The maximum Gasteiger partial charge on any atom is 0.303 e. The van der Waals surface area contributed by atoms with E-state index in [1.54, 1.807) is 18.3 Å². The summed E-state index contributed by atoms with van der Waals surface area (Å²) in [5, 5.41) is 13.1. The van der Waals surface area contributed by atoms with Crippen LogP contribution in [0.3, 0.4) is 0 Å². The number of hydrogen-bond donors (Lipinski definition) is 2.